The van der Waals surface area contributed by atoms with Crippen molar-refractivity contribution >= 4 is 23.0 Å². The van der Waals surface area contributed by atoms with Crippen molar-refractivity contribution in [3.63, 3.8) is 0 Å². The maximum Gasteiger partial charge on any atom is 0.170 e. The number of hydrogen-bond acceptors (Lipinski definition) is 2. The van der Waals surface area contributed by atoms with Gasteiger partial charge in [-0.05, 0) is 81.7 Å². The third kappa shape index (κ3) is 4.76. The number of likely N-dealkylation sites (tertiary alicyclic amines) is 1. The molecule has 2 N–H and O–H groups in total. The number of benzene rings is 1. The summed E-state index contributed by atoms with van der Waals surface area (Å²) >= 11 is 5.38. The Morgan fingerprint density at radius 3 is 2.65 bits per heavy atom. The molecule has 1 fully saturated rings. The first-order valence-corrected chi connectivity index (χ1v) is 7.75. The van der Waals surface area contributed by atoms with Gasteiger partial charge in [-0.2, -0.15) is 0 Å². The second kappa shape index (κ2) is 7.04. The Morgan fingerprint density at radius 2 is 2.00 bits per heavy atom. The Hall–Kier alpha value is -1.13. The van der Waals surface area contributed by atoms with Gasteiger partial charge in [0.1, 0.15) is 0 Å². The largest absolute Gasteiger partial charge is 0.362 e. The lowest BCUT2D eigenvalue weighted by Crippen LogP contribution is -2.40. The highest BCUT2D eigenvalue weighted by Crippen LogP contribution is 2.15. The van der Waals surface area contributed by atoms with Crippen molar-refractivity contribution in [2.45, 2.75) is 26.7 Å². The van der Waals surface area contributed by atoms with Gasteiger partial charge < -0.3 is 15.5 Å². The van der Waals surface area contributed by atoms with E-state index in [1.54, 1.807) is 0 Å². The van der Waals surface area contributed by atoms with Crippen molar-refractivity contribution < 1.29 is 0 Å². The predicted molar refractivity (Wildman–Crippen MR) is 90.4 cm³/mol. The van der Waals surface area contributed by atoms with Gasteiger partial charge in [0.05, 0.1) is 0 Å². The van der Waals surface area contributed by atoms with Gasteiger partial charge in [0, 0.05) is 18.8 Å². The van der Waals surface area contributed by atoms with Crippen LogP contribution in [0.3, 0.4) is 0 Å². The first-order chi connectivity index (χ1) is 9.52. The molecule has 20 heavy (non-hydrogen) atoms. The molecule has 1 aliphatic rings. The number of nitrogens with zero attached hydrogens (tertiary/aromatic N) is 1. The lowest BCUT2D eigenvalue weighted by Gasteiger charge is -2.30. The second-order valence-electron chi connectivity index (χ2n) is 5.98. The predicted octanol–water partition coefficient (Wildman–Crippen LogP) is 2.93. The van der Waals surface area contributed by atoms with E-state index < -0.39 is 0 Å². The summed E-state index contributed by atoms with van der Waals surface area (Å²) < 4.78 is 0. The fraction of sp³-hybridized carbons (Fsp3) is 0.562. The normalized spacial score (nSPS) is 19.6. The summed E-state index contributed by atoms with van der Waals surface area (Å²) in [5.41, 5.74) is 3.58. The minimum Gasteiger partial charge on any atom is -0.362 e. The molecular formula is C16H25N3S. The number of thiocarbonyl (C=S) groups is 1. The minimum absolute atomic E-state index is 0.702. The van der Waals surface area contributed by atoms with Crippen molar-refractivity contribution in [2.24, 2.45) is 5.92 Å². The van der Waals surface area contributed by atoms with Gasteiger partial charge in [0.25, 0.3) is 0 Å². The van der Waals surface area contributed by atoms with E-state index in [9.17, 15) is 0 Å². The van der Waals surface area contributed by atoms with Crippen LogP contribution in [0.2, 0.25) is 0 Å². The van der Waals surface area contributed by atoms with E-state index in [0.29, 0.717) is 5.92 Å². The third-order valence-corrected chi connectivity index (χ3v) is 4.00. The molecule has 3 nitrogen and oxygen atoms in total. The van der Waals surface area contributed by atoms with Crippen LogP contribution in [0.15, 0.2) is 18.2 Å². The van der Waals surface area contributed by atoms with Crippen LogP contribution in [0.5, 0.6) is 0 Å². The molecule has 0 saturated carbocycles. The molecule has 0 bridgehead atoms. The summed E-state index contributed by atoms with van der Waals surface area (Å²) in [6.45, 7) is 7.56. The number of hydrogen-bond donors (Lipinski definition) is 2. The molecule has 1 atom stereocenters. The van der Waals surface area contributed by atoms with Crippen LogP contribution < -0.4 is 10.6 Å². The summed E-state index contributed by atoms with van der Waals surface area (Å²) in [6.07, 6.45) is 2.59. The van der Waals surface area contributed by atoms with Gasteiger partial charge in [0.2, 0.25) is 0 Å². The summed E-state index contributed by atoms with van der Waals surface area (Å²) in [4.78, 5) is 2.40. The molecule has 1 aromatic rings. The lowest BCUT2D eigenvalue weighted by molar-refractivity contribution is 0.211. The van der Waals surface area contributed by atoms with Gasteiger partial charge >= 0.3 is 0 Å². The highest BCUT2D eigenvalue weighted by molar-refractivity contribution is 7.80. The molecule has 110 valence electrons. The topological polar surface area (TPSA) is 27.3 Å². The maximum atomic E-state index is 5.38. The van der Waals surface area contributed by atoms with E-state index >= 15 is 0 Å². The van der Waals surface area contributed by atoms with Crippen molar-refractivity contribution in [1.82, 2.24) is 10.2 Å². The number of piperidine rings is 1. The van der Waals surface area contributed by atoms with Gasteiger partial charge in [-0.25, -0.2) is 0 Å². The van der Waals surface area contributed by atoms with Crippen LogP contribution in [0, 0.1) is 19.8 Å². The van der Waals surface area contributed by atoms with Crippen molar-refractivity contribution in [2.75, 3.05) is 32.0 Å². The molecule has 1 saturated heterocycles. The summed E-state index contributed by atoms with van der Waals surface area (Å²) in [5, 5.41) is 7.36. The molecule has 0 aromatic heterocycles. The summed E-state index contributed by atoms with van der Waals surface area (Å²) in [6, 6.07) is 6.41. The van der Waals surface area contributed by atoms with Crippen molar-refractivity contribution in [3.05, 3.63) is 29.3 Å². The smallest absolute Gasteiger partial charge is 0.170 e. The highest BCUT2D eigenvalue weighted by atomic mass is 32.1. The Labute approximate surface area is 127 Å². The highest BCUT2D eigenvalue weighted by Gasteiger charge is 2.16. The average molecular weight is 291 g/mol. The molecule has 0 aliphatic carbocycles. The zero-order chi connectivity index (χ0) is 14.5. The zero-order valence-electron chi connectivity index (χ0n) is 12.7. The molecule has 0 spiro atoms. The van der Waals surface area contributed by atoms with Crippen LogP contribution in [0.4, 0.5) is 5.69 Å². The van der Waals surface area contributed by atoms with E-state index in [-0.39, 0.29) is 0 Å². The van der Waals surface area contributed by atoms with Crippen LogP contribution in [0.1, 0.15) is 24.0 Å². The van der Waals surface area contributed by atoms with Gasteiger partial charge in [-0.1, -0.05) is 6.07 Å². The number of anilines is 1. The number of aryl methyl sites for hydroxylation is 2. The maximum absolute atomic E-state index is 5.38. The Kier molecular flexibility index (Phi) is 5.38. The fourth-order valence-corrected chi connectivity index (χ4v) is 3.10. The van der Waals surface area contributed by atoms with Crippen LogP contribution in [0.25, 0.3) is 0 Å². The first kappa shape index (κ1) is 15.3. The number of rotatable bonds is 3. The Balaban J connectivity index is 1.80. The van der Waals surface area contributed by atoms with E-state index in [4.69, 9.17) is 12.2 Å². The average Bonchev–Trinajstić information content (AvgIpc) is 2.35. The van der Waals surface area contributed by atoms with Crippen LogP contribution in [-0.2, 0) is 0 Å². The standard InChI is InChI=1S/C16H25N3S/c1-12-7-13(2)9-15(8-12)18-16(20)17-10-14-5-4-6-19(3)11-14/h7-9,14H,4-6,10-11H2,1-3H3,(H2,17,18,20). The molecule has 1 aliphatic heterocycles. The molecule has 1 heterocycles. The Bertz CT molecular complexity index is 453. The number of nitrogens with one attached hydrogen (secondary N) is 2. The quantitative estimate of drug-likeness (QED) is 0.837. The molecule has 4 heteroatoms. The van der Waals surface area contributed by atoms with Crippen LogP contribution in [-0.4, -0.2) is 36.7 Å². The second-order valence-corrected chi connectivity index (χ2v) is 6.39. The molecular weight excluding hydrogens is 266 g/mol. The van der Waals surface area contributed by atoms with Crippen LogP contribution >= 0.6 is 12.2 Å². The van der Waals surface area contributed by atoms with Crippen molar-refractivity contribution in [3.8, 4) is 0 Å². The van der Waals surface area contributed by atoms with Gasteiger partial charge in [0.15, 0.2) is 5.11 Å². The summed E-state index contributed by atoms with van der Waals surface area (Å²) in [7, 11) is 2.19. The zero-order valence-corrected chi connectivity index (χ0v) is 13.5. The van der Waals surface area contributed by atoms with E-state index in [1.165, 1.54) is 37.1 Å². The molecule has 0 amide bonds. The Morgan fingerprint density at radius 1 is 1.30 bits per heavy atom. The van der Waals surface area contributed by atoms with Crippen molar-refractivity contribution in [1.29, 1.82) is 0 Å². The molecule has 2 rings (SSSR count). The first-order valence-electron chi connectivity index (χ1n) is 7.34. The van der Waals surface area contributed by atoms with Gasteiger partial charge in [-0.3, -0.25) is 0 Å². The van der Waals surface area contributed by atoms with E-state index in [0.717, 1.165) is 17.3 Å². The van der Waals surface area contributed by atoms with Gasteiger partial charge in [-0.15, -0.1) is 0 Å². The molecule has 1 aromatic carbocycles. The van der Waals surface area contributed by atoms with E-state index in [2.05, 4.69) is 54.6 Å². The monoisotopic (exact) mass is 291 g/mol. The minimum atomic E-state index is 0.702. The van der Waals surface area contributed by atoms with E-state index in [1.807, 2.05) is 0 Å². The lowest BCUT2D eigenvalue weighted by atomic mass is 9.99. The SMILES string of the molecule is Cc1cc(C)cc(NC(=S)NCC2CCCN(C)C2)c1. The molecule has 0 radical (unpaired) electrons. The third-order valence-electron chi connectivity index (χ3n) is 3.75. The fourth-order valence-electron chi connectivity index (χ4n) is 2.90. The molecule has 1 unspecified atom stereocenters. The summed E-state index contributed by atoms with van der Waals surface area (Å²) in [5.74, 6) is 0.702.